The van der Waals surface area contributed by atoms with Gasteiger partial charge < -0.3 is 36.2 Å². The highest BCUT2D eigenvalue weighted by Crippen LogP contribution is 2.46. The summed E-state index contributed by atoms with van der Waals surface area (Å²) in [6.45, 7) is 1.65. The topological polar surface area (TPSA) is 171 Å². The molecule has 0 spiro atoms. The number of anilines is 1. The lowest BCUT2D eigenvalue weighted by Gasteiger charge is -2.47. The van der Waals surface area contributed by atoms with Crippen molar-refractivity contribution >= 4 is 41.1 Å². The summed E-state index contributed by atoms with van der Waals surface area (Å²) in [7, 11) is 0. The lowest BCUT2D eigenvalue weighted by Crippen LogP contribution is -2.57. The number of unbranched alkanes of at least 4 members (excludes halogenated alkanes) is 2. The Morgan fingerprint density at radius 1 is 0.902 bits per heavy atom. The molecule has 3 amide bonds. The zero-order valence-electron chi connectivity index (χ0n) is 28.3. The number of nitrogens with zero attached hydrogens (tertiary/aromatic N) is 1. The van der Waals surface area contributed by atoms with E-state index in [0.717, 1.165) is 12.0 Å². The second-order valence-electron chi connectivity index (χ2n) is 12.3. The van der Waals surface area contributed by atoms with Gasteiger partial charge in [0.05, 0.1) is 18.3 Å². The minimum absolute atomic E-state index is 0.156. The number of aliphatic carboxylic acids is 1. The van der Waals surface area contributed by atoms with Crippen LogP contribution in [0.3, 0.4) is 0 Å². The van der Waals surface area contributed by atoms with E-state index < -0.39 is 53.1 Å². The molecule has 1 fully saturated rings. The van der Waals surface area contributed by atoms with E-state index in [2.05, 4.69) is 10.6 Å². The van der Waals surface area contributed by atoms with Gasteiger partial charge in [-0.05, 0) is 85.3 Å². The normalized spacial score (nSPS) is 17.2. The van der Waals surface area contributed by atoms with E-state index in [0.29, 0.717) is 49.1 Å². The highest BCUT2D eigenvalue weighted by atomic mass is 32.2. The summed E-state index contributed by atoms with van der Waals surface area (Å²) in [5.74, 6) is -2.28. The Hall–Kier alpha value is -4.53. The monoisotopic (exact) mass is 726 g/mol. The maximum absolute atomic E-state index is 13.6. The first-order valence-corrected chi connectivity index (χ1v) is 17.9. The minimum Gasteiger partial charge on any atom is -0.484 e. The van der Waals surface area contributed by atoms with Crippen molar-refractivity contribution in [3.05, 3.63) is 95.6 Å². The molecule has 11 nitrogen and oxygen atoms in total. The number of hydrogen-bond acceptors (Lipinski definition) is 8. The van der Waals surface area contributed by atoms with Crippen LogP contribution < -0.4 is 26.0 Å². The zero-order chi connectivity index (χ0) is 36.9. The summed E-state index contributed by atoms with van der Waals surface area (Å²) >= 11 is 1.27. The number of thioether (sulfide) groups is 1. The maximum atomic E-state index is 13.6. The van der Waals surface area contributed by atoms with E-state index in [9.17, 15) is 38.2 Å². The highest BCUT2D eigenvalue weighted by molar-refractivity contribution is 8.00. The SMILES string of the molecule is CCCCC(NC(=O)CCCCC(N)NC(=O)COc1ccc([C@@H]2[C@@H](SC[C@H](O)c3ccc(F)cc3)C(=O)N2c2ccc(F)cc2)cc1)C(=O)O. The van der Waals surface area contributed by atoms with Crippen molar-refractivity contribution in [1.29, 1.82) is 0 Å². The summed E-state index contributed by atoms with van der Waals surface area (Å²) in [6, 6.07) is 16.7. The van der Waals surface area contributed by atoms with Gasteiger partial charge in [0, 0.05) is 17.9 Å². The molecular weight excluding hydrogens is 682 g/mol. The van der Waals surface area contributed by atoms with Gasteiger partial charge in [-0.2, -0.15) is 0 Å². The number of benzene rings is 3. The van der Waals surface area contributed by atoms with Crippen LogP contribution in [0.5, 0.6) is 5.75 Å². The molecule has 0 saturated carbocycles. The van der Waals surface area contributed by atoms with Crippen LogP contribution in [0, 0.1) is 11.6 Å². The Balaban J connectivity index is 1.26. The fourth-order valence-electron chi connectivity index (χ4n) is 5.63. The van der Waals surface area contributed by atoms with Gasteiger partial charge in [-0.15, -0.1) is 11.8 Å². The van der Waals surface area contributed by atoms with E-state index in [1.165, 1.54) is 60.3 Å². The Morgan fingerprint density at radius 2 is 1.55 bits per heavy atom. The van der Waals surface area contributed by atoms with E-state index in [-0.39, 0.29) is 30.6 Å². The quantitative estimate of drug-likeness (QED) is 0.0612. The Morgan fingerprint density at radius 3 is 2.18 bits per heavy atom. The number of carbonyl (C=O) groups excluding carboxylic acids is 3. The largest absolute Gasteiger partial charge is 0.484 e. The zero-order valence-corrected chi connectivity index (χ0v) is 29.1. The molecular formula is C37H44F2N4O7S. The number of carboxylic acids is 1. The number of aliphatic hydroxyl groups is 1. The average molecular weight is 727 g/mol. The number of nitrogens with one attached hydrogen (secondary N) is 2. The average Bonchev–Trinajstić information content (AvgIpc) is 3.11. The summed E-state index contributed by atoms with van der Waals surface area (Å²) in [4.78, 5) is 50.8. The molecule has 0 aromatic heterocycles. The van der Waals surface area contributed by atoms with Crippen LogP contribution in [0.1, 0.15) is 75.1 Å². The number of β-lactam (4-membered cyclic amide) rings is 1. The summed E-state index contributed by atoms with van der Waals surface area (Å²) < 4.78 is 32.6. The fourth-order valence-corrected chi connectivity index (χ4v) is 6.93. The van der Waals surface area contributed by atoms with Crippen molar-refractivity contribution in [2.24, 2.45) is 5.73 Å². The third kappa shape index (κ3) is 11.5. The number of ether oxygens (including phenoxy) is 1. The van der Waals surface area contributed by atoms with Crippen molar-refractivity contribution in [1.82, 2.24) is 10.6 Å². The van der Waals surface area contributed by atoms with Gasteiger partial charge in [0.1, 0.15) is 28.7 Å². The first-order valence-electron chi connectivity index (χ1n) is 16.9. The van der Waals surface area contributed by atoms with E-state index in [1.54, 1.807) is 29.2 Å². The van der Waals surface area contributed by atoms with E-state index in [4.69, 9.17) is 10.5 Å². The van der Waals surface area contributed by atoms with Crippen LogP contribution >= 0.6 is 11.8 Å². The number of aliphatic hydroxyl groups excluding tert-OH is 1. The van der Waals surface area contributed by atoms with Crippen molar-refractivity contribution in [2.45, 2.75) is 81.5 Å². The molecule has 1 saturated heterocycles. The number of hydrogen-bond donors (Lipinski definition) is 5. The predicted molar refractivity (Wildman–Crippen MR) is 190 cm³/mol. The molecule has 1 aliphatic rings. The second-order valence-corrected chi connectivity index (χ2v) is 13.5. The molecule has 3 aromatic carbocycles. The Bertz CT molecular complexity index is 1610. The van der Waals surface area contributed by atoms with Crippen LogP contribution in [-0.2, 0) is 19.2 Å². The maximum Gasteiger partial charge on any atom is 0.326 e. The molecule has 0 radical (unpaired) electrons. The van der Waals surface area contributed by atoms with Crippen molar-refractivity contribution in [3.8, 4) is 5.75 Å². The molecule has 14 heteroatoms. The number of halogens is 2. The van der Waals surface area contributed by atoms with Crippen molar-refractivity contribution < 1.29 is 42.9 Å². The molecule has 1 heterocycles. The number of nitrogens with two attached hydrogens (primary N) is 1. The summed E-state index contributed by atoms with van der Waals surface area (Å²) in [5, 5.41) is 24.6. The fraction of sp³-hybridized carbons (Fsp3) is 0.405. The molecule has 51 heavy (non-hydrogen) atoms. The van der Waals surface area contributed by atoms with Gasteiger partial charge in [-0.1, -0.05) is 44.0 Å². The van der Waals surface area contributed by atoms with Gasteiger partial charge in [0.15, 0.2) is 6.61 Å². The molecule has 0 aliphatic carbocycles. The second kappa shape index (κ2) is 19.2. The van der Waals surface area contributed by atoms with Gasteiger partial charge in [-0.3, -0.25) is 14.4 Å². The minimum atomic E-state index is -1.05. The third-order valence-corrected chi connectivity index (χ3v) is 9.75. The lowest BCUT2D eigenvalue weighted by molar-refractivity contribution is -0.142. The Kier molecular flexibility index (Phi) is 14.8. The highest BCUT2D eigenvalue weighted by Gasteiger charge is 2.49. The predicted octanol–water partition coefficient (Wildman–Crippen LogP) is 4.99. The molecule has 6 N–H and O–H groups in total. The van der Waals surface area contributed by atoms with Gasteiger partial charge in [-0.25, -0.2) is 13.6 Å². The number of rotatable bonds is 20. The standard InChI is InChI=1S/C37H44F2N4O7S/c1-2-3-6-29(37(48)49)41-32(45)8-5-4-7-31(40)42-33(46)21-50-28-19-11-24(12-20-28)34-35(36(47)43(34)27-17-15-26(39)16-18-27)51-22-30(44)23-9-13-25(38)14-10-23/h9-20,29-31,34-35,44H,2-8,21-22,40H2,1H3,(H,41,45)(H,42,46)(H,48,49)/t29?,30-,31?,34+,35+/m0/s1. The van der Waals surface area contributed by atoms with Crippen LogP contribution in [-0.4, -0.2) is 63.7 Å². The smallest absolute Gasteiger partial charge is 0.326 e. The first-order chi connectivity index (χ1) is 24.5. The lowest BCUT2D eigenvalue weighted by atomic mass is 9.92. The van der Waals surface area contributed by atoms with E-state index >= 15 is 0 Å². The number of carboxylic acid groups (broad SMARTS) is 1. The molecule has 0 bridgehead atoms. The molecule has 3 aromatic rings. The molecule has 274 valence electrons. The molecule has 5 atom stereocenters. The molecule has 4 rings (SSSR count). The van der Waals surface area contributed by atoms with Gasteiger partial charge in [0.25, 0.3) is 5.91 Å². The van der Waals surface area contributed by atoms with Gasteiger partial charge in [0.2, 0.25) is 11.8 Å². The number of amides is 3. The molecule has 2 unspecified atom stereocenters. The Labute approximate surface area is 299 Å². The molecule has 1 aliphatic heterocycles. The number of carbonyl (C=O) groups is 4. The third-order valence-electron chi connectivity index (χ3n) is 8.43. The van der Waals surface area contributed by atoms with Crippen LogP contribution in [0.15, 0.2) is 72.8 Å². The van der Waals surface area contributed by atoms with Crippen molar-refractivity contribution in [2.75, 3.05) is 17.3 Å². The first kappa shape index (κ1) is 39.3. The van der Waals surface area contributed by atoms with Crippen molar-refractivity contribution in [3.63, 3.8) is 0 Å². The summed E-state index contributed by atoms with van der Waals surface area (Å²) in [5.41, 5.74) is 7.85. The van der Waals surface area contributed by atoms with Crippen LogP contribution in [0.25, 0.3) is 0 Å². The summed E-state index contributed by atoms with van der Waals surface area (Å²) in [6.07, 6.45) is 1.94. The van der Waals surface area contributed by atoms with Crippen LogP contribution in [0.4, 0.5) is 14.5 Å². The van der Waals surface area contributed by atoms with Gasteiger partial charge >= 0.3 is 5.97 Å². The van der Waals surface area contributed by atoms with Crippen LogP contribution in [0.2, 0.25) is 0 Å². The van der Waals surface area contributed by atoms with E-state index in [1.807, 2.05) is 6.92 Å².